The standard InChI is InChI=1S/C23H41N5O6/c1-18-17-19(2)28(25-18)16-15-27(14-9-24-22(33)34-23(3,4)5)11-6-10-26(12-7-20(29)30)13-8-21(31)32/h17H,6-16H2,1-5H3,(H,24,33)(H,29,30)(H,31,32). The zero-order valence-electron chi connectivity index (χ0n) is 21.2. The van der Waals surface area contributed by atoms with Crippen LogP contribution in [0, 0.1) is 13.8 Å². The molecule has 0 aromatic carbocycles. The first-order chi connectivity index (χ1) is 15.9. The highest BCUT2D eigenvalue weighted by atomic mass is 16.6. The summed E-state index contributed by atoms with van der Waals surface area (Å²) in [4.78, 5) is 37.9. The fourth-order valence-electron chi connectivity index (χ4n) is 3.46. The predicted molar refractivity (Wildman–Crippen MR) is 128 cm³/mol. The summed E-state index contributed by atoms with van der Waals surface area (Å²) in [5.74, 6) is -1.81. The molecule has 0 saturated carbocycles. The van der Waals surface area contributed by atoms with E-state index in [9.17, 15) is 14.4 Å². The van der Waals surface area contributed by atoms with Crippen LogP contribution < -0.4 is 5.32 Å². The minimum atomic E-state index is -0.903. The number of carboxylic acids is 2. The number of aliphatic carboxylic acids is 2. The lowest BCUT2D eigenvalue weighted by Crippen LogP contribution is -2.40. The number of aryl methyl sites for hydroxylation is 2. The van der Waals surface area contributed by atoms with Crippen LogP contribution in [0.3, 0.4) is 0 Å². The number of hydrogen-bond acceptors (Lipinski definition) is 7. The summed E-state index contributed by atoms with van der Waals surface area (Å²) in [7, 11) is 0. The molecular formula is C23H41N5O6. The molecule has 0 radical (unpaired) electrons. The summed E-state index contributed by atoms with van der Waals surface area (Å²) < 4.78 is 7.24. The Bertz CT molecular complexity index is 771. The van der Waals surface area contributed by atoms with E-state index >= 15 is 0 Å². The molecule has 1 aromatic heterocycles. The maximum absolute atomic E-state index is 12.0. The van der Waals surface area contributed by atoms with E-state index in [1.54, 1.807) is 0 Å². The van der Waals surface area contributed by atoms with Crippen molar-refractivity contribution in [3.63, 3.8) is 0 Å². The summed E-state index contributed by atoms with van der Waals surface area (Å²) in [6.45, 7) is 13.8. The van der Waals surface area contributed by atoms with E-state index in [2.05, 4.69) is 15.3 Å². The molecule has 0 bridgehead atoms. The van der Waals surface area contributed by atoms with Crippen LogP contribution in [-0.4, -0.2) is 99.2 Å². The third-order valence-corrected chi connectivity index (χ3v) is 5.06. The summed E-state index contributed by atoms with van der Waals surface area (Å²) >= 11 is 0. The second kappa shape index (κ2) is 14.6. The molecule has 0 spiro atoms. The molecule has 0 aliphatic rings. The quantitative estimate of drug-likeness (QED) is 0.322. The van der Waals surface area contributed by atoms with Gasteiger partial charge in [0.25, 0.3) is 0 Å². The fraction of sp³-hybridized carbons (Fsp3) is 0.739. The summed E-state index contributed by atoms with van der Waals surface area (Å²) in [5.41, 5.74) is 1.48. The molecule has 11 nitrogen and oxygen atoms in total. The van der Waals surface area contributed by atoms with E-state index < -0.39 is 23.6 Å². The summed E-state index contributed by atoms with van der Waals surface area (Å²) in [6.07, 6.45) is 0.227. The van der Waals surface area contributed by atoms with Crippen LogP contribution in [0.1, 0.15) is 51.4 Å². The average Bonchev–Trinajstić information content (AvgIpc) is 3.02. The Kier molecular flexibility index (Phi) is 12.6. The zero-order valence-corrected chi connectivity index (χ0v) is 21.2. The van der Waals surface area contributed by atoms with Crippen LogP contribution in [0.15, 0.2) is 6.07 Å². The number of aromatic nitrogens is 2. The molecule has 34 heavy (non-hydrogen) atoms. The van der Waals surface area contributed by atoms with Crippen molar-refractivity contribution >= 4 is 18.0 Å². The minimum Gasteiger partial charge on any atom is -0.481 e. The fourth-order valence-corrected chi connectivity index (χ4v) is 3.46. The van der Waals surface area contributed by atoms with E-state index in [1.165, 1.54) is 0 Å². The Morgan fingerprint density at radius 2 is 1.53 bits per heavy atom. The van der Waals surface area contributed by atoms with E-state index in [0.717, 1.165) is 24.4 Å². The predicted octanol–water partition coefficient (Wildman–Crippen LogP) is 1.97. The number of carbonyl (C=O) groups is 3. The van der Waals surface area contributed by atoms with Crippen molar-refractivity contribution in [1.29, 1.82) is 0 Å². The van der Waals surface area contributed by atoms with Crippen molar-refractivity contribution in [3.05, 3.63) is 17.5 Å². The van der Waals surface area contributed by atoms with Gasteiger partial charge in [0.2, 0.25) is 0 Å². The third kappa shape index (κ3) is 13.8. The molecule has 1 aromatic rings. The normalized spacial score (nSPS) is 11.7. The SMILES string of the molecule is Cc1cc(C)n(CCN(CCCN(CCC(=O)O)CCC(=O)O)CCNC(=O)OC(C)(C)C)n1. The highest BCUT2D eigenvalue weighted by Crippen LogP contribution is 2.07. The largest absolute Gasteiger partial charge is 0.481 e. The van der Waals surface area contributed by atoms with E-state index in [1.807, 2.05) is 50.3 Å². The maximum atomic E-state index is 12.0. The van der Waals surface area contributed by atoms with E-state index in [4.69, 9.17) is 14.9 Å². The van der Waals surface area contributed by atoms with Crippen LogP contribution in [0.25, 0.3) is 0 Å². The van der Waals surface area contributed by atoms with Gasteiger partial charge in [0.15, 0.2) is 0 Å². The summed E-state index contributed by atoms with van der Waals surface area (Å²) in [6, 6.07) is 2.02. The second-order valence-electron chi connectivity index (χ2n) is 9.40. The molecule has 0 unspecified atom stereocenters. The van der Waals surface area contributed by atoms with Crippen LogP contribution in [0.2, 0.25) is 0 Å². The van der Waals surface area contributed by atoms with Crippen molar-refractivity contribution in [1.82, 2.24) is 24.9 Å². The first kappa shape index (κ1) is 29.4. The van der Waals surface area contributed by atoms with Gasteiger partial charge in [-0.25, -0.2) is 4.79 Å². The van der Waals surface area contributed by atoms with Crippen LogP contribution in [0.4, 0.5) is 4.79 Å². The molecular weight excluding hydrogens is 442 g/mol. The number of alkyl carbamates (subject to hydrolysis) is 1. The van der Waals surface area contributed by atoms with Gasteiger partial charge in [-0.05, 0) is 60.2 Å². The molecule has 0 saturated heterocycles. The molecule has 0 aliphatic carbocycles. The molecule has 1 heterocycles. The van der Waals surface area contributed by atoms with Gasteiger partial charge < -0.3 is 25.2 Å². The van der Waals surface area contributed by atoms with Gasteiger partial charge in [0, 0.05) is 38.4 Å². The van der Waals surface area contributed by atoms with Gasteiger partial charge in [0.1, 0.15) is 5.60 Å². The van der Waals surface area contributed by atoms with Crippen LogP contribution >= 0.6 is 0 Å². The first-order valence-corrected chi connectivity index (χ1v) is 11.7. The van der Waals surface area contributed by atoms with Crippen molar-refractivity contribution in [3.8, 4) is 0 Å². The number of ether oxygens (including phenoxy) is 1. The van der Waals surface area contributed by atoms with Gasteiger partial charge in [0.05, 0.1) is 25.1 Å². The Morgan fingerprint density at radius 1 is 0.971 bits per heavy atom. The maximum Gasteiger partial charge on any atom is 0.407 e. The van der Waals surface area contributed by atoms with Gasteiger partial charge in [-0.2, -0.15) is 5.10 Å². The Hall–Kier alpha value is -2.66. The lowest BCUT2D eigenvalue weighted by Gasteiger charge is -2.26. The first-order valence-electron chi connectivity index (χ1n) is 11.7. The van der Waals surface area contributed by atoms with Gasteiger partial charge >= 0.3 is 18.0 Å². The van der Waals surface area contributed by atoms with Crippen molar-refractivity contribution < 1.29 is 29.3 Å². The van der Waals surface area contributed by atoms with Gasteiger partial charge in [-0.1, -0.05) is 0 Å². The lowest BCUT2D eigenvalue weighted by atomic mass is 10.2. The molecule has 0 fully saturated rings. The third-order valence-electron chi connectivity index (χ3n) is 5.06. The Morgan fingerprint density at radius 3 is 2.00 bits per heavy atom. The molecule has 1 rings (SSSR count). The lowest BCUT2D eigenvalue weighted by molar-refractivity contribution is -0.137. The highest BCUT2D eigenvalue weighted by Gasteiger charge is 2.16. The number of carboxylic acid groups (broad SMARTS) is 2. The van der Waals surface area contributed by atoms with Crippen molar-refractivity contribution in [2.24, 2.45) is 0 Å². The van der Waals surface area contributed by atoms with Crippen LogP contribution in [-0.2, 0) is 20.9 Å². The molecule has 11 heteroatoms. The van der Waals surface area contributed by atoms with Crippen LogP contribution in [0.5, 0.6) is 0 Å². The van der Waals surface area contributed by atoms with E-state index in [0.29, 0.717) is 45.8 Å². The highest BCUT2D eigenvalue weighted by molar-refractivity contribution is 5.68. The molecule has 1 amide bonds. The monoisotopic (exact) mass is 483 g/mol. The number of amides is 1. The smallest absolute Gasteiger partial charge is 0.407 e. The average molecular weight is 484 g/mol. The molecule has 0 aliphatic heterocycles. The van der Waals surface area contributed by atoms with Crippen molar-refractivity contribution in [2.75, 3.05) is 45.8 Å². The van der Waals surface area contributed by atoms with E-state index in [-0.39, 0.29) is 12.8 Å². The second-order valence-corrected chi connectivity index (χ2v) is 9.40. The van der Waals surface area contributed by atoms with Gasteiger partial charge in [-0.3, -0.25) is 19.2 Å². The topological polar surface area (TPSA) is 137 Å². The number of nitrogens with one attached hydrogen (secondary N) is 1. The number of nitrogens with zero attached hydrogens (tertiary/aromatic N) is 4. The Labute approximate surface area is 202 Å². The van der Waals surface area contributed by atoms with Gasteiger partial charge in [-0.15, -0.1) is 0 Å². The minimum absolute atomic E-state index is 0.0267. The number of carbonyl (C=O) groups excluding carboxylic acids is 1. The van der Waals surface area contributed by atoms with Crippen molar-refractivity contribution in [2.45, 2.75) is 66.0 Å². The number of hydrogen-bond donors (Lipinski definition) is 3. The molecule has 0 atom stereocenters. The molecule has 194 valence electrons. The molecule has 3 N–H and O–H groups in total. The Balaban J connectivity index is 2.63. The summed E-state index contributed by atoms with van der Waals surface area (Å²) in [5, 5.41) is 25.2. The number of rotatable bonds is 16. The zero-order chi connectivity index (χ0) is 25.7.